The topological polar surface area (TPSA) is 104 Å². The van der Waals surface area contributed by atoms with E-state index in [4.69, 9.17) is 0 Å². The Bertz CT molecular complexity index is 1590. The maximum atomic E-state index is 13.7. The third-order valence-corrected chi connectivity index (χ3v) is 8.25. The van der Waals surface area contributed by atoms with Crippen LogP contribution in [0.25, 0.3) is 11.1 Å². The molecule has 0 spiro atoms. The van der Waals surface area contributed by atoms with Gasteiger partial charge in [-0.15, -0.1) is 0 Å². The monoisotopic (exact) mass is 535 g/mol. The fraction of sp³-hybridized carbons (Fsp3) is 0.241. The second-order valence-electron chi connectivity index (χ2n) is 9.20. The predicted octanol–water partition coefficient (Wildman–Crippen LogP) is 6.25. The molecule has 0 fully saturated rings. The summed E-state index contributed by atoms with van der Waals surface area (Å²) in [7, 11) is -2.64. The molecule has 2 aromatic heterocycles. The summed E-state index contributed by atoms with van der Waals surface area (Å²) >= 11 is 0. The number of anilines is 2. The van der Waals surface area contributed by atoms with Crippen LogP contribution in [0.2, 0.25) is 0 Å². The number of aryl methyl sites for hydroxylation is 3. The SMILES string of the molecule is CCCCc1nc(O)c(S(=O)(=O)c2ccc(-c3ccc(F)nc3C)cc2)c(O)c1N(C)c1cccc(C)c1. The number of hydrogen-bond acceptors (Lipinski definition) is 7. The van der Waals surface area contributed by atoms with Gasteiger partial charge in [-0.05, 0) is 74.2 Å². The van der Waals surface area contributed by atoms with E-state index in [-0.39, 0.29) is 10.6 Å². The molecule has 7 nitrogen and oxygen atoms in total. The minimum absolute atomic E-state index is 0.133. The lowest BCUT2D eigenvalue weighted by atomic mass is 10.1. The summed E-state index contributed by atoms with van der Waals surface area (Å²) in [5.74, 6) is -1.91. The number of unbranched alkanes of at least 4 members (excludes halogenated alkanes) is 1. The van der Waals surface area contributed by atoms with E-state index in [0.29, 0.717) is 28.9 Å². The van der Waals surface area contributed by atoms with Gasteiger partial charge < -0.3 is 15.1 Å². The van der Waals surface area contributed by atoms with Gasteiger partial charge in [0.25, 0.3) is 0 Å². The smallest absolute Gasteiger partial charge is 0.234 e. The average molecular weight is 536 g/mol. The molecule has 0 atom stereocenters. The van der Waals surface area contributed by atoms with E-state index in [0.717, 1.165) is 24.1 Å². The Morgan fingerprint density at radius 2 is 1.68 bits per heavy atom. The Morgan fingerprint density at radius 1 is 0.974 bits per heavy atom. The van der Waals surface area contributed by atoms with Crippen LogP contribution < -0.4 is 4.90 Å². The van der Waals surface area contributed by atoms with Crippen molar-refractivity contribution in [3.63, 3.8) is 0 Å². The van der Waals surface area contributed by atoms with Crippen molar-refractivity contribution in [2.75, 3.05) is 11.9 Å². The summed E-state index contributed by atoms with van der Waals surface area (Å²) < 4.78 is 40.8. The van der Waals surface area contributed by atoms with Gasteiger partial charge in [0, 0.05) is 24.0 Å². The van der Waals surface area contributed by atoms with Crippen LogP contribution >= 0.6 is 0 Å². The Labute approximate surface area is 222 Å². The van der Waals surface area contributed by atoms with Gasteiger partial charge in [-0.25, -0.2) is 18.4 Å². The number of rotatable bonds is 8. The summed E-state index contributed by atoms with van der Waals surface area (Å²) in [6.45, 7) is 5.61. The van der Waals surface area contributed by atoms with Crippen molar-refractivity contribution < 1.29 is 23.0 Å². The first-order chi connectivity index (χ1) is 18.0. The predicted molar refractivity (Wildman–Crippen MR) is 145 cm³/mol. The van der Waals surface area contributed by atoms with E-state index >= 15 is 0 Å². The normalized spacial score (nSPS) is 11.5. The van der Waals surface area contributed by atoms with Gasteiger partial charge >= 0.3 is 0 Å². The fourth-order valence-electron chi connectivity index (χ4n) is 4.43. The van der Waals surface area contributed by atoms with Crippen LogP contribution in [0, 0.1) is 19.8 Å². The molecule has 0 unspecified atom stereocenters. The van der Waals surface area contributed by atoms with E-state index in [2.05, 4.69) is 9.97 Å². The molecule has 0 saturated carbocycles. The third kappa shape index (κ3) is 5.19. The number of aromatic hydroxyl groups is 2. The van der Waals surface area contributed by atoms with Crippen LogP contribution in [0.3, 0.4) is 0 Å². The Kier molecular flexibility index (Phi) is 7.68. The maximum Gasteiger partial charge on any atom is 0.234 e. The van der Waals surface area contributed by atoms with Crippen LogP contribution in [-0.4, -0.2) is 35.6 Å². The molecule has 0 aliphatic heterocycles. The molecule has 0 aliphatic carbocycles. The Hall–Kier alpha value is -3.98. The van der Waals surface area contributed by atoms with E-state index in [1.165, 1.54) is 18.2 Å². The number of sulfone groups is 1. The number of benzene rings is 2. The molecule has 2 N–H and O–H groups in total. The van der Waals surface area contributed by atoms with Crippen molar-refractivity contribution in [2.24, 2.45) is 0 Å². The van der Waals surface area contributed by atoms with Crippen molar-refractivity contribution >= 4 is 21.2 Å². The van der Waals surface area contributed by atoms with Crippen molar-refractivity contribution in [2.45, 2.75) is 49.8 Å². The highest BCUT2D eigenvalue weighted by Crippen LogP contribution is 2.45. The molecule has 0 bridgehead atoms. The molecular formula is C29H30FN3O4S. The van der Waals surface area contributed by atoms with E-state index < -0.39 is 32.3 Å². The van der Waals surface area contributed by atoms with Gasteiger partial charge in [0.1, 0.15) is 5.69 Å². The van der Waals surface area contributed by atoms with Crippen molar-refractivity contribution in [3.8, 4) is 22.8 Å². The van der Waals surface area contributed by atoms with Crippen LogP contribution in [0.5, 0.6) is 11.6 Å². The maximum absolute atomic E-state index is 13.7. The average Bonchev–Trinajstić information content (AvgIpc) is 2.87. The fourth-order valence-corrected chi connectivity index (χ4v) is 5.80. The zero-order chi connectivity index (χ0) is 27.6. The molecule has 198 valence electrons. The lowest BCUT2D eigenvalue weighted by Gasteiger charge is -2.25. The highest BCUT2D eigenvalue weighted by atomic mass is 32.2. The minimum atomic E-state index is -4.36. The van der Waals surface area contributed by atoms with E-state index in [1.54, 1.807) is 37.1 Å². The largest absolute Gasteiger partial charge is 0.504 e. The quantitative estimate of drug-likeness (QED) is 0.257. The molecular weight excluding hydrogens is 505 g/mol. The summed E-state index contributed by atoms with van der Waals surface area (Å²) in [6.07, 6.45) is 2.04. The third-order valence-electron chi connectivity index (χ3n) is 6.44. The molecule has 2 heterocycles. The van der Waals surface area contributed by atoms with Gasteiger partial charge in [0.15, 0.2) is 10.6 Å². The highest BCUT2D eigenvalue weighted by Gasteiger charge is 2.32. The first-order valence-corrected chi connectivity index (χ1v) is 13.8. The molecule has 0 saturated heterocycles. The van der Waals surface area contributed by atoms with Gasteiger partial charge in [-0.2, -0.15) is 4.39 Å². The Morgan fingerprint density at radius 3 is 2.32 bits per heavy atom. The summed E-state index contributed by atoms with van der Waals surface area (Å²) in [6, 6.07) is 16.3. The molecule has 9 heteroatoms. The number of halogens is 1. The second-order valence-corrected chi connectivity index (χ2v) is 11.1. The molecule has 4 rings (SSSR count). The molecule has 0 aliphatic rings. The number of hydrogen-bond donors (Lipinski definition) is 2. The molecule has 4 aromatic rings. The summed E-state index contributed by atoms with van der Waals surface area (Å²) in [5.41, 5.74) is 4.13. The Balaban J connectivity index is 1.83. The van der Waals surface area contributed by atoms with Crippen LogP contribution in [-0.2, 0) is 16.3 Å². The second kappa shape index (κ2) is 10.8. The van der Waals surface area contributed by atoms with Gasteiger partial charge in [0.05, 0.1) is 10.6 Å². The molecule has 38 heavy (non-hydrogen) atoms. The van der Waals surface area contributed by atoms with Gasteiger partial charge in [-0.1, -0.05) is 37.6 Å². The van der Waals surface area contributed by atoms with Crippen molar-refractivity contribution in [1.29, 1.82) is 0 Å². The minimum Gasteiger partial charge on any atom is -0.504 e. The number of aromatic nitrogens is 2. The number of nitrogens with zero attached hydrogens (tertiary/aromatic N) is 3. The molecule has 0 radical (unpaired) electrons. The van der Waals surface area contributed by atoms with Crippen LogP contribution in [0.15, 0.2) is 70.5 Å². The zero-order valence-electron chi connectivity index (χ0n) is 21.7. The lowest BCUT2D eigenvalue weighted by Crippen LogP contribution is -2.16. The van der Waals surface area contributed by atoms with Gasteiger partial charge in [-0.3, -0.25) is 0 Å². The first kappa shape index (κ1) is 27.1. The highest BCUT2D eigenvalue weighted by molar-refractivity contribution is 7.91. The molecule has 2 aromatic carbocycles. The summed E-state index contributed by atoms with van der Waals surface area (Å²) in [5, 5.41) is 22.1. The molecule has 0 amide bonds. The standard InChI is InChI=1S/C29H30FN3O4S/c1-5-6-10-24-26(33(4)21-9-7-8-18(2)17-21)27(34)28(29(35)32-24)38(36,37)22-13-11-20(12-14-22)23-15-16-25(30)31-19(23)3/h7-9,11-17H,5-6,10H2,1-4H3,(H2,32,34,35). The van der Waals surface area contributed by atoms with Crippen LogP contribution in [0.1, 0.15) is 36.7 Å². The first-order valence-electron chi connectivity index (χ1n) is 12.3. The van der Waals surface area contributed by atoms with Crippen molar-refractivity contribution in [3.05, 3.63) is 83.6 Å². The van der Waals surface area contributed by atoms with Gasteiger partial charge in [0.2, 0.25) is 21.7 Å². The van der Waals surface area contributed by atoms with Crippen LogP contribution in [0.4, 0.5) is 15.8 Å². The number of pyridine rings is 2. The zero-order valence-corrected chi connectivity index (χ0v) is 22.6. The van der Waals surface area contributed by atoms with E-state index in [1.807, 2.05) is 38.1 Å². The lowest BCUT2D eigenvalue weighted by molar-refractivity contribution is 0.405. The van der Waals surface area contributed by atoms with E-state index in [9.17, 15) is 23.0 Å². The summed E-state index contributed by atoms with van der Waals surface area (Å²) in [4.78, 5) is 8.96. The van der Waals surface area contributed by atoms with Crippen molar-refractivity contribution in [1.82, 2.24) is 9.97 Å².